The molecule has 0 spiro atoms. The van der Waals surface area contributed by atoms with Gasteiger partial charge in [0.1, 0.15) is 5.82 Å². The van der Waals surface area contributed by atoms with Crippen LogP contribution in [0.15, 0.2) is 22.7 Å². The van der Waals surface area contributed by atoms with Gasteiger partial charge in [-0.1, -0.05) is 6.07 Å². The molecule has 1 heterocycles. The summed E-state index contributed by atoms with van der Waals surface area (Å²) in [7, 11) is 0. The third-order valence-electron chi connectivity index (χ3n) is 2.59. The molecule has 1 aromatic rings. The number of hydrogen-bond acceptors (Lipinski definition) is 2. The van der Waals surface area contributed by atoms with Gasteiger partial charge in [-0.15, -0.1) is 0 Å². The molecule has 0 bridgehead atoms. The van der Waals surface area contributed by atoms with Gasteiger partial charge in [-0.25, -0.2) is 4.39 Å². The van der Waals surface area contributed by atoms with E-state index in [1.54, 1.807) is 12.1 Å². The van der Waals surface area contributed by atoms with Crippen molar-refractivity contribution < 1.29 is 9.18 Å². The molecule has 0 amide bonds. The van der Waals surface area contributed by atoms with Crippen LogP contribution in [0.1, 0.15) is 23.2 Å². The summed E-state index contributed by atoms with van der Waals surface area (Å²) in [5, 5.41) is 3.07. The minimum Gasteiger partial charge on any atom is -0.307 e. The Morgan fingerprint density at radius 1 is 1.53 bits per heavy atom. The minimum absolute atomic E-state index is 0.147. The van der Waals surface area contributed by atoms with Crippen molar-refractivity contribution in [3.05, 3.63) is 34.1 Å². The van der Waals surface area contributed by atoms with Crippen molar-refractivity contribution >= 4 is 21.7 Å². The second kappa shape index (κ2) is 4.41. The summed E-state index contributed by atoms with van der Waals surface area (Å²) in [6, 6.07) is 4.58. The summed E-state index contributed by atoms with van der Waals surface area (Å²) in [6.45, 7) is 0.839. The van der Waals surface area contributed by atoms with Crippen LogP contribution in [0.25, 0.3) is 0 Å². The molecule has 80 valence electrons. The molecule has 0 radical (unpaired) electrons. The summed E-state index contributed by atoms with van der Waals surface area (Å²) >= 11 is 3.08. The lowest BCUT2D eigenvalue weighted by molar-refractivity contribution is 0.0948. The van der Waals surface area contributed by atoms with E-state index >= 15 is 0 Å². The van der Waals surface area contributed by atoms with E-state index in [0.717, 1.165) is 19.4 Å². The van der Waals surface area contributed by atoms with Crippen LogP contribution in [-0.2, 0) is 0 Å². The first-order chi connectivity index (χ1) is 7.20. The molecule has 2 rings (SSSR count). The van der Waals surface area contributed by atoms with E-state index in [9.17, 15) is 9.18 Å². The normalized spacial score (nSPS) is 20.5. The van der Waals surface area contributed by atoms with Crippen LogP contribution in [-0.4, -0.2) is 18.4 Å². The Morgan fingerprint density at radius 3 is 3.00 bits per heavy atom. The van der Waals surface area contributed by atoms with Crippen molar-refractivity contribution in [3.8, 4) is 0 Å². The molecule has 1 N–H and O–H groups in total. The quantitative estimate of drug-likeness (QED) is 0.838. The number of carbonyl (C=O) groups excluding carboxylic acids is 1. The SMILES string of the molecule is O=C(c1cccc(Br)c1F)C1CCCN1. The van der Waals surface area contributed by atoms with E-state index in [4.69, 9.17) is 0 Å². The second-order valence-electron chi connectivity index (χ2n) is 3.61. The zero-order valence-electron chi connectivity index (χ0n) is 8.09. The fraction of sp³-hybridized carbons (Fsp3) is 0.364. The third kappa shape index (κ3) is 2.11. The number of rotatable bonds is 2. The molecule has 0 aromatic heterocycles. The van der Waals surface area contributed by atoms with Crippen LogP contribution >= 0.6 is 15.9 Å². The highest BCUT2D eigenvalue weighted by atomic mass is 79.9. The van der Waals surface area contributed by atoms with Crippen molar-refractivity contribution in [2.45, 2.75) is 18.9 Å². The van der Waals surface area contributed by atoms with Gasteiger partial charge < -0.3 is 5.32 Å². The highest BCUT2D eigenvalue weighted by molar-refractivity contribution is 9.10. The fourth-order valence-electron chi connectivity index (χ4n) is 1.79. The molecule has 0 aliphatic carbocycles. The number of ketones is 1. The minimum atomic E-state index is -0.462. The van der Waals surface area contributed by atoms with E-state index in [1.807, 2.05) is 0 Å². The zero-order chi connectivity index (χ0) is 10.8. The summed E-state index contributed by atoms with van der Waals surface area (Å²) in [6.07, 6.45) is 1.77. The second-order valence-corrected chi connectivity index (χ2v) is 4.47. The molecular formula is C11H11BrFNO. The molecule has 1 fully saturated rings. The molecule has 1 unspecified atom stereocenters. The molecular weight excluding hydrogens is 261 g/mol. The van der Waals surface area contributed by atoms with E-state index in [-0.39, 0.29) is 17.4 Å². The number of halogens is 2. The van der Waals surface area contributed by atoms with Crippen LogP contribution in [0.5, 0.6) is 0 Å². The summed E-state index contributed by atoms with van der Waals surface area (Å²) < 4.78 is 13.9. The average molecular weight is 272 g/mol. The predicted molar refractivity (Wildman–Crippen MR) is 59.5 cm³/mol. The lowest BCUT2D eigenvalue weighted by Crippen LogP contribution is -2.31. The number of benzene rings is 1. The van der Waals surface area contributed by atoms with Gasteiger partial charge in [-0.3, -0.25) is 4.79 Å². The van der Waals surface area contributed by atoms with E-state index in [2.05, 4.69) is 21.2 Å². The molecule has 1 atom stereocenters. The molecule has 1 aliphatic heterocycles. The Labute approximate surface area is 96.0 Å². The summed E-state index contributed by atoms with van der Waals surface area (Å²) in [5.74, 6) is -0.609. The maximum Gasteiger partial charge on any atom is 0.182 e. The maximum atomic E-state index is 13.6. The Kier molecular flexibility index (Phi) is 3.17. The smallest absolute Gasteiger partial charge is 0.182 e. The van der Waals surface area contributed by atoms with Crippen LogP contribution in [0.4, 0.5) is 4.39 Å². The summed E-state index contributed by atoms with van der Waals surface area (Å²) in [4.78, 5) is 11.9. The van der Waals surface area contributed by atoms with Gasteiger partial charge in [0.2, 0.25) is 0 Å². The highest BCUT2D eigenvalue weighted by Crippen LogP contribution is 2.21. The zero-order valence-corrected chi connectivity index (χ0v) is 9.68. The largest absolute Gasteiger partial charge is 0.307 e. The van der Waals surface area contributed by atoms with Crippen molar-refractivity contribution in [3.63, 3.8) is 0 Å². The predicted octanol–water partition coefficient (Wildman–Crippen LogP) is 2.52. The van der Waals surface area contributed by atoms with Gasteiger partial charge in [-0.2, -0.15) is 0 Å². The van der Waals surface area contributed by atoms with Crippen LogP contribution < -0.4 is 5.32 Å². The molecule has 15 heavy (non-hydrogen) atoms. The fourth-order valence-corrected chi connectivity index (χ4v) is 2.16. The summed E-state index contributed by atoms with van der Waals surface area (Å²) in [5.41, 5.74) is 0.170. The molecule has 1 aromatic carbocycles. The van der Waals surface area contributed by atoms with Gasteiger partial charge >= 0.3 is 0 Å². The monoisotopic (exact) mass is 271 g/mol. The van der Waals surface area contributed by atoms with Gasteiger partial charge in [0.15, 0.2) is 5.78 Å². The van der Waals surface area contributed by atoms with Crippen molar-refractivity contribution in [2.24, 2.45) is 0 Å². The number of Topliss-reactive ketones (excluding diaryl/α,β-unsaturated/α-hetero) is 1. The van der Waals surface area contributed by atoms with Crippen molar-refractivity contribution in [1.82, 2.24) is 5.32 Å². The number of nitrogens with one attached hydrogen (secondary N) is 1. The molecule has 0 saturated carbocycles. The molecule has 1 aliphatic rings. The van der Waals surface area contributed by atoms with Crippen molar-refractivity contribution in [1.29, 1.82) is 0 Å². The highest BCUT2D eigenvalue weighted by Gasteiger charge is 2.25. The average Bonchev–Trinajstić information content (AvgIpc) is 2.74. The number of carbonyl (C=O) groups is 1. The first-order valence-electron chi connectivity index (χ1n) is 4.92. The van der Waals surface area contributed by atoms with E-state index in [0.29, 0.717) is 4.47 Å². The Bertz CT molecular complexity index is 388. The van der Waals surface area contributed by atoms with Gasteiger partial charge in [-0.05, 0) is 47.4 Å². The molecule has 4 heteroatoms. The Balaban J connectivity index is 2.28. The van der Waals surface area contributed by atoms with E-state index in [1.165, 1.54) is 6.07 Å². The topological polar surface area (TPSA) is 29.1 Å². The first-order valence-corrected chi connectivity index (χ1v) is 5.71. The van der Waals surface area contributed by atoms with Gasteiger partial charge in [0, 0.05) is 0 Å². The van der Waals surface area contributed by atoms with Gasteiger partial charge in [0.05, 0.1) is 16.1 Å². The third-order valence-corrected chi connectivity index (χ3v) is 3.21. The van der Waals surface area contributed by atoms with Gasteiger partial charge in [0.25, 0.3) is 0 Å². The maximum absolute atomic E-state index is 13.6. The lowest BCUT2D eigenvalue weighted by atomic mass is 10.0. The standard InChI is InChI=1S/C11H11BrFNO/c12-8-4-1-3-7(10(8)13)11(15)9-5-2-6-14-9/h1,3-4,9,14H,2,5-6H2. The Morgan fingerprint density at radius 2 is 2.33 bits per heavy atom. The van der Waals surface area contributed by atoms with Crippen LogP contribution in [0.3, 0.4) is 0 Å². The first kappa shape index (κ1) is 10.8. The van der Waals surface area contributed by atoms with Crippen LogP contribution in [0, 0.1) is 5.82 Å². The molecule has 1 saturated heterocycles. The number of hydrogen-bond donors (Lipinski definition) is 1. The van der Waals surface area contributed by atoms with E-state index < -0.39 is 5.82 Å². The molecule has 2 nitrogen and oxygen atoms in total. The Hall–Kier alpha value is -0.740. The van der Waals surface area contributed by atoms with Crippen molar-refractivity contribution in [2.75, 3.05) is 6.54 Å². The lowest BCUT2D eigenvalue weighted by Gasteiger charge is -2.10. The van der Waals surface area contributed by atoms with Crippen LogP contribution in [0.2, 0.25) is 0 Å².